The van der Waals surface area contributed by atoms with Gasteiger partial charge in [-0.05, 0) is 48.5 Å². The van der Waals surface area contributed by atoms with E-state index in [1.165, 1.54) is 6.92 Å². The maximum absolute atomic E-state index is 13.8. The van der Waals surface area contributed by atoms with Crippen molar-refractivity contribution in [2.24, 2.45) is 0 Å². The standard InChI is InChI=1S/C16H11BrF2N4O/c1-9(15(24)13-7-6-12(18)8-14(13)19)23-21-16(20-22-23)10-2-4-11(17)5-3-10/h2-9H,1H3. The molecule has 0 bridgehead atoms. The highest BCUT2D eigenvalue weighted by Crippen LogP contribution is 2.20. The van der Waals surface area contributed by atoms with Crippen molar-refractivity contribution in [1.82, 2.24) is 20.2 Å². The van der Waals surface area contributed by atoms with E-state index in [0.29, 0.717) is 11.9 Å². The molecule has 0 aliphatic carbocycles. The lowest BCUT2D eigenvalue weighted by Gasteiger charge is -2.09. The number of Topliss-reactive ketones (excluding diaryl/α,β-unsaturated/α-hetero) is 1. The summed E-state index contributed by atoms with van der Waals surface area (Å²) in [4.78, 5) is 13.5. The van der Waals surface area contributed by atoms with Gasteiger partial charge < -0.3 is 0 Å². The largest absolute Gasteiger partial charge is 0.292 e. The predicted molar refractivity (Wildman–Crippen MR) is 86.4 cm³/mol. The highest BCUT2D eigenvalue weighted by Gasteiger charge is 2.23. The van der Waals surface area contributed by atoms with Crippen molar-refractivity contribution in [3.63, 3.8) is 0 Å². The first-order valence-electron chi connectivity index (χ1n) is 7.00. The van der Waals surface area contributed by atoms with Crippen molar-refractivity contribution >= 4 is 21.7 Å². The molecular formula is C16H11BrF2N4O. The molecule has 122 valence electrons. The van der Waals surface area contributed by atoms with E-state index in [0.717, 1.165) is 27.0 Å². The Morgan fingerprint density at radius 1 is 1.17 bits per heavy atom. The van der Waals surface area contributed by atoms with Crippen molar-refractivity contribution in [2.45, 2.75) is 13.0 Å². The number of tetrazole rings is 1. The minimum absolute atomic E-state index is 0.216. The molecule has 3 rings (SSSR count). The number of hydrogen-bond acceptors (Lipinski definition) is 4. The zero-order valence-corrected chi connectivity index (χ0v) is 14.0. The molecule has 24 heavy (non-hydrogen) atoms. The lowest BCUT2D eigenvalue weighted by molar-refractivity contribution is 0.0914. The van der Waals surface area contributed by atoms with Crippen LogP contribution in [0.1, 0.15) is 23.3 Å². The summed E-state index contributed by atoms with van der Waals surface area (Å²) in [6.07, 6.45) is 0. The van der Waals surface area contributed by atoms with Crippen LogP contribution in [0.3, 0.4) is 0 Å². The number of nitrogens with zero attached hydrogens (tertiary/aromatic N) is 4. The second kappa shape index (κ2) is 6.56. The molecule has 5 nitrogen and oxygen atoms in total. The molecule has 0 saturated heterocycles. The van der Waals surface area contributed by atoms with Gasteiger partial charge in [-0.3, -0.25) is 4.79 Å². The molecule has 8 heteroatoms. The number of benzene rings is 2. The third-order valence-corrected chi connectivity index (χ3v) is 3.98. The summed E-state index contributed by atoms with van der Waals surface area (Å²) in [5, 5.41) is 11.9. The van der Waals surface area contributed by atoms with Gasteiger partial charge in [0.15, 0.2) is 5.78 Å². The van der Waals surface area contributed by atoms with Crippen LogP contribution in [0.4, 0.5) is 8.78 Å². The number of ketones is 1. The molecule has 3 aromatic rings. The van der Waals surface area contributed by atoms with E-state index in [4.69, 9.17) is 0 Å². The second-order valence-electron chi connectivity index (χ2n) is 5.10. The zero-order chi connectivity index (χ0) is 17.3. The van der Waals surface area contributed by atoms with Gasteiger partial charge in [-0.15, -0.1) is 10.2 Å². The number of rotatable bonds is 4. The van der Waals surface area contributed by atoms with Crippen molar-refractivity contribution in [1.29, 1.82) is 0 Å². The summed E-state index contributed by atoms with van der Waals surface area (Å²) in [5.41, 5.74) is 0.517. The van der Waals surface area contributed by atoms with Crippen molar-refractivity contribution < 1.29 is 13.6 Å². The third kappa shape index (κ3) is 3.23. The fourth-order valence-corrected chi connectivity index (χ4v) is 2.39. The summed E-state index contributed by atoms with van der Waals surface area (Å²) in [5.74, 6) is -1.87. The van der Waals surface area contributed by atoms with Crippen LogP contribution in [0.5, 0.6) is 0 Å². The fraction of sp³-hybridized carbons (Fsp3) is 0.125. The average molecular weight is 393 g/mol. The van der Waals surface area contributed by atoms with Gasteiger partial charge in [0, 0.05) is 16.1 Å². The minimum Gasteiger partial charge on any atom is -0.292 e. The highest BCUT2D eigenvalue weighted by atomic mass is 79.9. The number of carbonyl (C=O) groups excluding carboxylic acids is 1. The quantitative estimate of drug-likeness (QED) is 0.633. The van der Waals surface area contributed by atoms with Crippen molar-refractivity contribution in [2.75, 3.05) is 0 Å². The molecule has 1 atom stereocenters. The molecule has 0 N–H and O–H groups in total. The van der Waals surface area contributed by atoms with E-state index in [2.05, 4.69) is 31.3 Å². The molecule has 0 amide bonds. The molecule has 1 heterocycles. The van der Waals surface area contributed by atoms with Gasteiger partial charge in [0.1, 0.15) is 17.7 Å². The monoisotopic (exact) mass is 392 g/mol. The summed E-state index contributed by atoms with van der Waals surface area (Å²) in [6.45, 7) is 1.53. The minimum atomic E-state index is -0.917. The second-order valence-corrected chi connectivity index (χ2v) is 6.02. The van der Waals surface area contributed by atoms with Crippen LogP contribution in [-0.4, -0.2) is 26.0 Å². The van der Waals surface area contributed by atoms with Gasteiger partial charge in [0.05, 0.1) is 5.56 Å². The molecule has 1 aromatic heterocycles. The maximum Gasteiger partial charge on any atom is 0.204 e. The lowest BCUT2D eigenvalue weighted by Crippen LogP contribution is -2.20. The van der Waals surface area contributed by atoms with E-state index in [1.807, 2.05) is 12.1 Å². The van der Waals surface area contributed by atoms with Gasteiger partial charge in [-0.25, -0.2) is 8.78 Å². The van der Waals surface area contributed by atoms with Crippen LogP contribution in [0.2, 0.25) is 0 Å². The van der Waals surface area contributed by atoms with Gasteiger partial charge in [0.25, 0.3) is 0 Å². The molecular weight excluding hydrogens is 382 g/mol. The zero-order valence-electron chi connectivity index (χ0n) is 12.4. The topological polar surface area (TPSA) is 60.7 Å². The smallest absolute Gasteiger partial charge is 0.204 e. The predicted octanol–water partition coefficient (Wildman–Crippen LogP) is 3.82. The van der Waals surface area contributed by atoms with Gasteiger partial charge in [0.2, 0.25) is 5.82 Å². The Labute approximate surface area is 144 Å². The Morgan fingerprint density at radius 3 is 2.54 bits per heavy atom. The lowest BCUT2D eigenvalue weighted by atomic mass is 10.1. The Morgan fingerprint density at radius 2 is 1.88 bits per heavy atom. The Bertz CT molecular complexity index is 895. The first kappa shape index (κ1) is 16.4. The summed E-state index contributed by atoms with van der Waals surface area (Å²) in [6, 6.07) is 9.21. The third-order valence-electron chi connectivity index (χ3n) is 3.45. The number of halogens is 3. The molecule has 0 spiro atoms. The van der Waals surface area contributed by atoms with Crippen molar-refractivity contribution in [3.8, 4) is 11.4 Å². The maximum atomic E-state index is 13.8. The van der Waals surface area contributed by atoms with E-state index in [1.54, 1.807) is 12.1 Å². The Hall–Kier alpha value is -2.48. The Kier molecular flexibility index (Phi) is 4.48. The van der Waals surface area contributed by atoms with Crippen LogP contribution in [0.15, 0.2) is 46.9 Å². The van der Waals surface area contributed by atoms with Crippen LogP contribution in [-0.2, 0) is 0 Å². The van der Waals surface area contributed by atoms with Crippen LogP contribution < -0.4 is 0 Å². The molecule has 1 unspecified atom stereocenters. The van der Waals surface area contributed by atoms with E-state index in [9.17, 15) is 13.6 Å². The van der Waals surface area contributed by atoms with E-state index >= 15 is 0 Å². The summed E-state index contributed by atoms with van der Waals surface area (Å²) >= 11 is 3.33. The van der Waals surface area contributed by atoms with Gasteiger partial charge >= 0.3 is 0 Å². The van der Waals surface area contributed by atoms with Gasteiger partial charge in [-0.2, -0.15) is 4.80 Å². The van der Waals surface area contributed by atoms with E-state index < -0.39 is 23.5 Å². The number of hydrogen-bond donors (Lipinski definition) is 0. The van der Waals surface area contributed by atoms with Crippen LogP contribution in [0.25, 0.3) is 11.4 Å². The average Bonchev–Trinajstić information content (AvgIpc) is 3.04. The molecule has 0 aliphatic rings. The molecule has 0 fully saturated rings. The van der Waals surface area contributed by atoms with Crippen molar-refractivity contribution in [3.05, 3.63) is 64.1 Å². The molecule has 0 radical (unpaired) electrons. The Balaban J connectivity index is 1.86. The number of aromatic nitrogens is 4. The normalized spacial score (nSPS) is 12.2. The van der Waals surface area contributed by atoms with Crippen LogP contribution in [0, 0.1) is 11.6 Å². The van der Waals surface area contributed by atoms with Crippen LogP contribution >= 0.6 is 15.9 Å². The summed E-state index contributed by atoms with van der Waals surface area (Å²) < 4.78 is 27.6. The first-order valence-corrected chi connectivity index (χ1v) is 7.79. The highest BCUT2D eigenvalue weighted by molar-refractivity contribution is 9.10. The first-order chi connectivity index (χ1) is 11.5. The molecule has 0 saturated carbocycles. The van der Waals surface area contributed by atoms with E-state index in [-0.39, 0.29) is 5.56 Å². The fourth-order valence-electron chi connectivity index (χ4n) is 2.12. The van der Waals surface area contributed by atoms with Gasteiger partial charge in [-0.1, -0.05) is 15.9 Å². The number of carbonyl (C=O) groups is 1. The molecule has 0 aliphatic heterocycles. The summed E-state index contributed by atoms with van der Waals surface area (Å²) in [7, 11) is 0. The SMILES string of the molecule is CC(C(=O)c1ccc(F)cc1F)n1nnc(-c2ccc(Br)cc2)n1. The molecule has 2 aromatic carbocycles.